The van der Waals surface area contributed by atoms with Crippen molar-refractivity contribution in [2.45, 2.75) is 23.6 Å². The molecule has 0 atom stereocenters. The normalized spacial score (nSPS) is 11.1. The third-order valence-corrected chi connectivity index (χ3v) is 5.33. The van der Waals surface area contributed by atoms with Crippen LogP contribution in [0.15, 0.2) is 51.0 Å². The first-order valence-corrected chi connectivity index (χ1v) is 8.29. The molecule has 0 radical (unpaired) electrons. The van der Waals surface area contributed by atoms with Crippen molar-refractivity contribution >= 4 is 45.9 Å². The van der Waals surface area contributed by atoms with Crippen LogP contribution in [-0.2, 0) is 0 Å². The van der Waals surface area contributed by atoms with Crippen LogP contribution in [0.5, 0.6) is 0 Å². The summed E-state index contributed by atoms with van der Waals surface area (Å²) in [5.74, 6) is 0. The highest BCUT2D eigenvalue weighted by molar-refractivity contribution is 7.99. The maximum absolute atomic E-state index is 12.4. The Hall–Kier alpha value is -1.42. The Kier molecular flexibility index (Phi) is 4.22. The number of hydrogen-bond acceptors (Lipinski definition) is 2. The van der Waals surface area contributed by atoms with Crippen LogP contribution in [0.3, 0.4) is 0 Å². The van der Waals surface area contributed by atoms with Crippen molar-refractivity contribution < 1.29 is 0 Å². The van der Waals surface area contributed by atoms with Gasteiger partial charge in [0.1, 0.15) is 0 Å². The zero-order valence-corrected chi connectivity index (χ0v) is 14.4. The first-order valence-electron chi connectivity index (χ1n) is 6.72. The van der Waals surface area contributed by atoms with E-state index in [1.807, 2.05) is 50.2 Å². The fraction of sp³-hybridized carbons (Fsp3) is 0.118. The number of aromatic nitrogens is 1. The Morgan fingerprint density at radius 1 is 1.05 bits per heavy atom. The molecule has 0 aliphatic carbocycles. The first-order chi connectivity index (χ1) is 10.5. The first kappa shape index (κ1) is 15.5. The van der Waals surface area contributed by atoms with Crippen molar-refractivity contribution in [1.82, 2.24) is 4.98 Å². The summed E-state index contributed by atoms with van der Waals surface area (Å²) >= 11 is 13.8. The highest BCUT2D eigenvalue weighted by Gasteiger charge is 2.10. The van der Waals surface area contributed by atoms with Crippen LogP contribution in [0.1, 0.15) is 11.3 Å². The number of pyridine rings is 1. The van der Waals surface area contributed by atoms with Crippen molar-refractivity contribution in [1.29, 1.82) is 0 Å². The fourth-order valence-corrected chi connectivity index (χ4v) is 3.49. The molecule has 1 aromatic heterocycles. The Morgan fingerprint density at radius 3 is 2.41 bits per heavy atom. The number of rotatable bonds is 2. The molecule has 3 rings (SSSR count). The Labute approximate surface area is 142 Å². The Morgan fingerprint density at radius 2 is 1.73 bits per heavy atom. The molecule has 0 amide bonds. The van der Waals surface area contributed by atoms with Gasteiger partial charge in [0.2, 0.25) is 0 Å². The minimum absolute atomic E-state index is 0.0425. The molecule has 0 unspecified atom stereocenters. The maximum atomic E-state index is 12.4. The highest BCUT2D eigenvalue weighted by Crippen LogP contribution is 2.35. The van der Waals surface area contributed by atoms with Gasteiger partial charge in [-0.3, -0.25) is 4.79 Å². The molecule has 0 saturated heterocycles. The van der Waals surface area contributed by atoms with Gasteiger partial charge in [-0.2, -0.15) is 0 Å². The van der Waals surface area contributed by atoms with E-state index in [0.29, 0.717) is 15.4 Å². The van der Waals surface area contributed by atoms with E-state index in [9.17, 15) is 4.79 Å². The molecule has 0 bridgehead atoms. The van der Waals surface area contributed by atoms with Gasteiger partial charge in [0.25, 0.3) is 0 Å². The number of fused-ring (bicyclic) bond motifs is 1. The quantitative estimate of drug-likeness (QED) is 0.652. The average Bonchev–Trinajstić information content (AvgIpc) is 2.49. The molecule has 5 heteroatoms. The lowest BCUT2D eigenvalue weighted by molar-refractivity contribution is 1.17. The van der Waals surface area contributed by atoms with Gasteiger partial charge in [-0.1, -0.05) is 35.0 Å². The standard InChI is InChI=1S/C17H13Cl2NOS/c1-9-10(2)20-15-8-14(19)16(7-13(15)17(9)21)22-12-5-3-11(18)4-6-12/h3-8H,1-2H3,(H,20,21). The van der Waals surface area contributed by atoms with E-state index in [4.69, 9.17) is 23.2 Å². The number of aromatic amines is 1. The largest absolute Gasteiger partial charge is 0.358 e. The van der Waals surface area contributed by atoms with Crippen LogP contribution in [-0.4, -0.2) is 4.98 Å². The molecule has 2 nitrogen and oxygen atoms in total. The molecule has 1 N–H and O–H groups in total. The van der Waals surface area contributed by atoms with Crippen LogP contribution in [0.2, 0.25) is 10.0 Å². The third kappa shape index (κ3) is 2.89. The monoisotopic (exact) mass is 349 g/mol. The maximum Gasteiger partial charge on any atom is 0.192 e. The molecule has 2 aromatic carbocycles. The van der Waals surface area contributed by atoms with Crippen LogP contribution in [0, 0.1) is 13.8 Å². The molecule has 0 aliphatic rings. The molecule has 0 fully saturated rings. The smallest absolute Gasteiger partial charge is 0.192 e. The van der Waals surface area contributed by atoms with E-state index in [1.54, 1.807) is 0 Å². The molecule has 22 heavy (non-hydrogen) atoms. The van der Waals surface area contributed by atoms with E-state index < -0.39 is 0 Å². The second-order valence-corrected chi connectivity index (χ2v) is 7.05. The predicted molar refractivity (Wildman–Crippen MR) is 94.6 cm³/mol. The summed E-state index contributed by atoms with van der Waals surface area (Å²) in [6.45, 7) is 3.72. The number of aryl methyl sites for hydroxylation is 1. The van der Waals surface area contributed by atoms with Crippen molar-refractivity contribution in [2.75, 3.05) is 0 Å². The van der Waals surface area contributed by atoms with Gasteiger partial charge in [-0.15, -0.1) is 0 Å². The SMILES string of the molecule is Cc1[nH]c2cc(Cl)c(Sc3ccc(Cl)cc3)cc2c(=O)c1C. The van der Waals surface area contributed by atoms with E-state index in [-0.39, 0.29) is 5.43 Å². The van der Waals surface area contributed by atoms with E-state index in [2.05, 4.69) is 4.98 Å². The van der Waals surface area contributed by atoms with E-state index in [0.717, 1.165) is 26.6 Å². The zero-order chi connectivity index (χ0) is 15.9. The topological polar surface area (TPSA) is 32.9 Å². The number of nitrogens with one attached hydrogen (secondary N) is 1. The summed E-state index contributed by atoms with van der Waals surface area (Å²) in [7, 11) is 0. The van der Waals surface area contributed by atoms with Gasteiger partial charge in [0.15, 0.2) is 5.43 Å². The third-order valence-electron chi connectivity index (χ3n) is 3.58. The van der Waals surface area contributed by atoms with Crippen molar-refractivity contribution in [3.05, 3.63) is 67.9 Å². The Bertz CT molecular complexity index is 917. The van der Waals surface area contributed by atoms with Gasteiger partial charge in [-0.25, -0.2) is 0 Å². The second-order valence-electron chi connectivity index (χ2n) is 5.09. The number of hydrogen-bond donors (Lipinski definition) is 1. The minimum Gasteiger partial charge on any atom is -0.358 e. The summed E-state index contributed by atoms with van der Waals surface area (Å²) in [5.41, 5.74) is 2.41. The van der Waals surface area contributed by atoms with Gasteiger partial charge in [0.05, 0.1) is 10.5 Å². The van der Waals surface area contributed by atoms with E-state index >= 15 is 0 Å². The number of benzene rings is 2. The summed E-state index contributed by atoms with van der Waals surface area (Å²) < 4.78 is 0. The van der Waals surface area contributed by atoms with Gasteiger partial charge >= 0.3 is 0 Å². The van der Waals surface area contributed by atoms with Crippen LogP contribution < -0.4 is 5.43 Å². The van der Waals surface area contributed by atoms with E-state index in [1.165, 1.54) is 11.8 Å². The van der Waals surface area contributed by atoms with Crippen LogP contribution in [0.25, 0.3) is 10.9 Å². The predicted octanol–water partition coefficient (Wildman–Crippen LogP) is 5.60. The number of halogens is 2. The molecule has 0 saturated carbocycles. The van der Waals surface area contributed by atoms with Gasteiger partial charge in [0, 0.05) is 31.5 Å². The van der Waals surface area contributed by atoms with Crippen LogP contribution >= 0.6 is 35.0 Å². The minimum atomic E-state index is 0.0425. The summed E-state index contributed by atoms with van der Waals surface area (Å²) in [6.07, 6.45) is 0. The van der Waals surface area contributed by atoms with Crippen molar-refractivity contribution in [3.63, 3.8) is 0 Å². The van der Waals surface area contributed by atoms with Gasteiger partial charge in [-0.05, 0) is 50.2 Å². The lowest BCUT2D eigenvalue weighted by atomic mass is 10.1. The molecule has 1 heterocycles. The number of H-pyrrole nitrogens is 1. The van der Waals surface area contributed by atoms with Crippen molar-refractivity contribution in [2.24, 2.45) is 0 Å². The highest BCUT2D eigenvalue weighted by atomic mass is 35.5. The molecular formula is C17H13Cl2NOS. The molecule has 3 aromatic rings. The molecular weight excluding hydrogens is 337 g/mol. The molecule has 0 spiro atoms. The summed E-state index contributed by atoms with van der Waals surface area (Å²) in [4.78, 5) is 17.5. The molecule has 0 aliphatic heterocycles. The summed E-state index contributed by atoms with van der Waals surface area (Å²) in [6, 6.07) is 11.2. The van der Waals surface area contributed by atoms with Gasteiger partial charge < -0.3 is 4.98 Å². The lowest BCUT2D eigenvalue weighted by Gasteiger charge is -2.09. The zero-order valence-electron chi connectivity index (χ0n) is 12.0. The average molecular weight is 350 g/mol. The molecule has 112 valence electrons. The van der Waals surface area contributed by atoms with Crippen LogP contribution in [0.4, 0.5) is 0 Å². The van der Waals surface area contributed by atoms with Crippen molar-refractivity contribution in [3.8, 4) is 0 Å². The fourth-order valence-electron chi connectivity index (χ4n) is 2.22. The summed E-state index contributed by atoms with van der Waals surface area (Å²) in [5, 5.41) is 1.96. The lowest BCUT2D eigenvalue weighted by Crippen LogP contribution is -2.09. The Balaban J connectivity index is 2.12. The second kappa shape index (κ2) is 5.99.